The number of methoxy groups -OCH3 is 3. The van der Waals surface area contributed by atoms with E-state index < -0.39 is 16.0 Å². The molecule has 1 saturated heterocycles. The molecule has 1 aliphatic heterocycles. The average Bonchev–Trinajstić information content (AvgIpc) is 3.35. The van der Waals surface area contributed by atoms with Crippen molar-refractivity contribution in [2.75, 3.05) is 39.3 Å². The number of nitrogens with zero attached hydrogens (tertiary/aromatic N) is 2. The minimum Gasteiger partial charge on any atom is -0.493 e. The van der Waals surface area contributed by atoms with E-state index in [4.69, 9.17) is 9.47 Å². The van der Waals surface area contributed by atoms with Crippen LogP contribution in [0, 0.1) is 0 Å². The largest absolute Gasteiger partial charge is 0.493 e. The first-order chi connectivity index (χ1) is 15.4. The number of pyridine rings is 1. The molecule has 1 aromatic carbocycles. The Bertz CT molecular complexity index is 1080. The van der Waals surface area contributed by atoms with Crippen molar-refractivity contribution in [3.63, 3.8) is 0 Å². The summed E-state index contributed by atoms with van der Waals surface area (Å²) in [5, 5.41) is 0. The van der Waals surface area contributed by atoms with Crippen LogP contribution in [0.3, 0.4) is 0 Å². The van der Waals surface area contributed by atoms with Crippen LogP contribution in [0.1, 0.15) is 24.0 Å². The lowest BCUT2D eigenvalue weighted by Crippen LogP contribution is -2.24. The van der Waals surface area contributed by atoms with E-state index in [-0.39, 0.29) is 22.9 Å². The molecule has 0 radical (unpaired) electrons. The van der Waals surface area contributed by atoms with Crippen LogP contribution in [0.2, 0.25) is 0 Å². The summed E-state index contributed by atoms with van der Waals surface area (Å²) < 4.78 is 43.9. The maximum atomic E-state index is 13.1. The summed E-state index contributed by atoms with van der Waals surface area (Å²) in [6.45, 7) is 2.03. The highest BCUT2D eigenvalue weighted by molar-refractivity contribution is 7.89. The Morgan fingerprint density at radius 2 is 1.91 bits per heavy atom. The zero-order valence-electron chi connectivity index (χ0n) is 18.3. The van der Waals surface area contributed by atoms with Crippen LogP contribution in [0.4, 0.5) is 5.82 Å². The Kier molecular flexibility index (Phi) is 7.70. The molecule has 9 nitrogen and oxygen atoms in total. The summed E-state index contributed by atoms with van der Waals surface area (Å²) in [7, 11) is 0.0568. The second-order valence-electron chi connectivity index (χ2n) is 7.15. The van der Waals surface area contributed by atoms with Crippen molar-refractivity contribution in [1.29, 1.82) is 0 Å². The van der Waals surface area contributed by atoms with Crippen molar-refractivity contribution in [1.82, 2.24) is 9.71 Å². The maximum absolute atomic E-state index is 13.1. The highest BCUT2D eigenvalue weighted by atomic mass is 32.2. The van der Waals surface area contributed by atoms with Crippen molar-refractivity contribution in [3.8, 4) is 11.5 Å². The number of ether oxygens (including phenoxy) is 3. The van der Waals surface area contributed by atoms with Gasteiger partial charge in [-0.3, -0.25) is 0 Å². The zero-order chi connectivity index (χ0) is 23.1. The number of nitrogens with one attached hydrogen (secondary N) is 1. The van der Waals surface area contributed by atoms with Gasteiger partial charge in [-0.25, -0.2) is 22.9 Å². The molecule has 0 aliphatic carbocycles. The normalized spacial score (nSPS) is 14.0. The lowest BCUT2D eigenvalue weighted by Gasteiger charge is -2.17. The van der Waals surface area contributed by atoms with Gasteiger partial charge in [-0.2, -0.15) is 0 Å². The van der Waals surface area contributed by atoms with E-state index in [1.807, 2.05) is 12.1 Å². The van der Waals surface area contributed by atoms with E-state index in [1.165, 1.54) is 39.5 Å². The molecule has 3 rings (SSSR count). The molecular formula is C22H27N3O6S. The Labute approximate surface area is 188 Å². The second kappa shape index (κ2) is 10.5. The number of hydrogen-bond acceptors (Lipinski definition) is 8. The summed E-state index contributed by atoms with van der Waals surface area (Å²) in [6.07, 6.45) is 6.61. The Morgan fingerprint density at radius 3 is 2.50 bits per heavy atom. The maximum Gasteiger partial charge on any atom is 0.330 e. The molecule has 0 amide bonds. The SMILES string of the molecule is COC(=O)/C=C/c1cc(OC)c(OC)c(S(=O)(=O)NCc2ccc(N3CCCC3)nc2)c1. The fourth-order valence-corrected chi connectivity index (χ4v) is 4.62. The van der Waals surface area contributed by atoms with Gasteiger partial charge in [-0.15, -0.1) is 0 Å². The molecule has 1 fully saturated rings. The third-order valence-electron chi connectivity index (χ3n) is 5.08. The van der Waals surface area contributed by atoms with Crippen LogP contribution < -0.4 is 19.1 Å². The molecule has 0 saturated carbocycles. The van der Waals surface area contributed by atoms with Crippen molar-refractivity contribution < 1.29 is 27.4 Å². The lowest BCUT2D eigenvalue weighted by molar-refractivity contribution is -0.134. The highest BCUT2D eigenvalue weighted by Gasteiger charge is 2.24. The molecular weight excluding hydrogens is 434 g/mol. The van der Waals surface area contributed by atoms with Gasteiger partial charge in [-0.05, 0) is 48.2 Å². The number of sulfonamides is 1. The third-order valence-corrected chi connectivity index (χ3v) is 6.48. The molecule has 32 heavy (non-hydrogen) atoms. The van der Waals surface area contributed by atoms with Gasteiger partial charge in [0.25, 0.3) is 0 Å². The van der Waals surface area contributed by atoms with Crippen LogP contribution in [0.25, 0.3) is 6.08 Å². The van der Waals surface area contributed by atoms with E-state index in [2.05, 4.69) is 19.3 Å². The average molecular weight is 462 g/mol. The zero-order valence-corrected chi connectivity index (χ0v) is 19.1. The van der Waals surface area contributed by atoms with Gasteiger partial charge in [0.2, 0.25) is 10.0 Å². The Morgan fingerprint density at radius 1 is 1.16 bits per heavy atom. The number of anilines is 1. The summed E-state index contributed by atoms with van der Waals surface area (Å²) >= 11 is 0. The predicted molar refractivity (Wildman–Crippen MR) is 120 cm³/mol. The summed E-state index contributed by atoms with van der Waals surface area (Å²) in [5.74, 6) is 0.618. The first-order valence-corrected chi connectivity index (χ1v) is 11.6. The Hall–Kier alpha value is -3.11. The monoisotopic (exact) mass is 461 g/mol. The van der Waals surface area contributed by atoms with Gasteiger partial charge in [0.15, 0.2) is 11.5 Å². The molecule has 1 aromatic heterocycles. The smallest absolute Gasteiger partial charge is 0.330 e. The molecule has 0 unspecified atom stereocenters. The molecule has 0 atom stereocenters. The van der Waals surface area contributed by atoms with Crippen LogP contribution in [-0.4, -0.2) is 53.8 Å². The lowest BCUT2D eigenvalue weighted by atomic mass is 10.2. The van der Waals surface area contributed by atoms with Crippen molar-refractivity contribution in [2.45, 2.75) is 24.3 Å². The van der Waals surface area contributed by atoms with E-state index in [9.17, 15) is 13.2 Å². The van der Waals surface area contributed by atoms with Gasteiger partial charge in [-0.1, -0.05) is 6.07 Å². The quantitative estimate of drug-likeness (QED) is 0.448. The Balaban J connectivity index is 1.82. The number of aromatic nitrogens is 1. The molecule has 2 heterocycles. The fourth-order valence-electron chi connectivity index (χ4n) is 3.39. The first-order valence-electron chi connectivity index (χ1n) is 10.1. The van der Waals surface area contributed by atoms with E-state index in [0.717, 1.165) is 37.3 Å². The van der Waals surface area contributed by atoms with Crippen molar-refractivity contribution >= 4 is 27.9 Å². The second-order valence-corrected chi connectivity index (χ2v) is 8.89. The standard InChI is InChI=1S/C22H27N3O6S/c1-29-18-12-16(7-9-21(26)30-2)13-19(22(18)31-3)32(27,28)24-15-17-6-8-20(23-14-17)25-10-4-5-11-25/h6-9,12-14,24H,4-5,10-11,15H2,1-3H3/b9-7+. The number of carbonyl (C=O) groups is 1. The van der Waals surface area contributed by atoms with Crippen LogP contribution in [-0.2, 0) is 26.1 Å². The van der Waals surface area contributed by atoms with E-state index in [0.29, 0.717) is 5.56 Å². The van der Waals surface area contributed by atoms with Gasteiger partial charge < -0.3 is 19.1 Å². The molecule has 0 spiro atoms. The van der Waals surface area contributed by atoms with Crippen LogP contribution in [0.15, 0.2) is 41.4 Å². The topological polar surface area (TPSA) is 107 Å². The number of carbonyl (C=O) groups excluding carboxylic acids is 1. The van der Waals surface area contributed by atoms with Crippen LogP contribution >= 0.6 is 0 Å². The van der Waals surface area contributed by atoms with Crippen LogP contribution in [0.5, 0.6) is 11.5 Å². The third kappa shape index (κ3) is 5.57. The number of benzene rings is 1. The minimum absolute atomic E-state index is 0.0588. The first kappa shape index (κ1) is 23.6. The summed E-state index contributed by atoms with van der Waals surface area (Å²) in [5.41, 5.74) is 1.16. The summed E-state index contributed by atoms with van der Waals surface area (Å²) in [4.78, 5) is 18.0. The predicted octanol–water partition coefficient (Wildman–Crippen LogP) is 2.36. The number of hydrogen-bond donors (Lipinski definition) is 1. The number of rotatable bonds is 9. The van der Waals surface area contributed by atoms with Gasteiger partial charge in [0.1, 0.15) is 10.7 Å². The van der Waals surface area contributed by atoms with Gasteiger partial charge in [0.05, 0.1) is 21.3 Å². The summed E-state index contributed by atoms with van der Waals surface area (Å²) in [6, 6.07) is 6.73. The minimum atomic E-state index is -3.97. The van der Waals surface area contributed by atoms with Gasteiger partial charge in [0, 0.05) is 31.9 Å². The van der Waals surface area contributed by atoms with E-state index in [1.54, 1.807) is 12.3 Å². The molecule has 172 valence electrons. The van der Waals surface area contributed by atoms with Crippen molar-refractivity contribution in [3.05, 3.63) is 47.7 Å². The van der Waals surface area contributed by atoms with Gasteiger partial charge >= 0.3 is 5.97 Å². The molecule has 0 bridgehead atoms. The number of esters is 1. The molecule has 10 heteroatoms. The van der Waals surface area contributed by atoms with Crippen molar-refractivity contribution in [2.24, 2.45) is 0 Å². The molecule has 1 aliphatic rings. The highest BCUT2D eigenvalue weighted by Crippen LogP contribution is 2.36. The molecule has 2 aromatic rings. The molecule has 1 N–H and O–H groups in total. The van der Waals surface area contributed by atoms with E-state index >= 15 is 0 Å². The fraction of sp³-hybridized carbons (Fsp3) is 0.364.